The number of rotatable bonds is 56. The number of esters is 3. The topological polar surface area (TPSA) is 78.9 Å². The number of unbranched alkanes of at least 4 members (excludes halogenated alkanes) is 39. The fourth-order valence-electron chi connectivity index (χ4n) is 8.99. The normalized spacial score (nSPS) is 12.2. The van der Waals surface area contributed by atoms with Gasteiger partial charge in [0.05, 0.1) is 0 Å². The van der Waals surface area contributed by atoms with Crippen molar-refractivity contribution in [1.29, 1.82) is 0 Å². The van der Waals surface area contributed by atoms with Crippen LogP contribution in [0.5, 0.6) is 0 Å². The Morgan fingerprint density at radius 3 is 0.855 bits per heavy atom. The summed E-state index contributed by atoms with van der Waals surface area (Å²) in [6, 6.07) is 0. The van der Waals surface area contributed by atoms with Crippen molar-refractivity contribution in [1.82, 2.24) is 0 Å². The largest absolute Gasteiger partial charge is 0.462 e. The van der Waals surface area contributed by atoms with Gasteiger partial charge in [-0.3, -0.25) is 14.4 Å². The average Bonchev–Trinajstić information content (AvgIpc) is 3.35. The van der Waals surface area contributed by atoms with Crippen LogP contribution in [0.4, 0.5) is 0 Å². The zero-order chi connectivity index (χ0) is 50.0. The predicted octanol–water partition coefficient (Wildman–Crippen LogP) is 20.4. The molecule has 0 heterocycles. The quantitative estimate of drug-likeness (QED) is 0.0261. The van der Waals surface area contributed by atoms with E-state index in [1.165, 1.54) is 212 Å². The van der Waals surface area contributed by atoms with Gasteiger partial charge in [0, 0.05) is 19.3 Å². The second-order valence-electron chi connectivity index (χ2n) is 20.6. The molecule has 0 fully saturated rings. The molecule has 0 aliphatic heterocycles. The molecule has 0 saturated carbocycles. The molecule has 0 N–H and O–H groups in total. The van der Waals surface area contributed by atoms with E-state index in [0.717, 1.165) is 77.0 Å². The Morgan fingerprint density at radius 1 is 0.290 bits per heavy atom. The molecule has 0 aliphatic rings. The number of carbonyl (C=O) groups is 3. The molecule has 1 unspecified atom stereocenters. The van der Waals surface area contributed by atoms with Gasteiger partial charge < -0.3 is 14.2 Å². The van der Waals surface area contributed by atoms with Crippen LogP contribution in [0, 0.1) is 0 Å². The first-order valence-corrected chi connectivity index (χ1v) is 30.5. The fourth-order valence-corrected chi connectivity index (χ4v) is 8.99. The second kappa shape index (κ2) is 58.2. The Labute approximate surface area is 429 Å². The molecule has 6 heteroatoms. The first-order valence-electron chi connectivity index (χ1n) is 30.5. The molecule has 0 aromatic carbocycles. The van der Waals surface area contributed by atoms with E-state index in [1.807, 2.05) is 0 Å². The lowest BCUT2D eigenvalue weighted by molar-refractivity contribution is -0.167. The number of hydrogen-bond acceptors (Lipinski definition) is 6. The first kappa shape index (κ1) is 66.6. The number of hydrogen-bond donors (Lipinski definition) is 0. The molecule has 1 atom stereocenters. The molecule has 0 aromatic rings. The van der Waals surface area contributed by atoms with Gasteiger partial charge in [-0.15, -0.1) is 0 Å². The van der Waals surface area contributed by atoms with Gasteiger partial charge in [0.1, 0.15) is 13.2 Å². The highest BCUT2D eigenvalue weighted by Gasteiger charge is 2.19. The van der Waals surface area contributed by atoms with Gasteiger partial charge in [-0.1, -0.05) is 276 Å². The minimum absolute atomic E-state index is 0.0745. The van der Waals surface area contributed by atoms with Gasteiger partial charge in [0.15, 0.2) is 6.10 Å². The van der Waals surface area contributed by atoms with Crippen LogP contribution in [0.1, 0.15) is 329 Å². The van der Waals surface area contributed by atoms with Crippen LogP contribution < -0.4 is 0 Å². The van der Waals surface area contributed by atoms with Gasteiger partial charge in [-0.25, -0.2) is 0 Å². The van der Waals surface area contributed by atoms with Crippen molar-refractivity contribution in [2.75, 3.05) is 13.2 Å². The van der Waals surface area contributed by atoms with Gasteiger partial charge in [0.25, 0.3) is 0 Å². The lowest BCUT2D eigenvalue weighted by Crippen LogP contribution is -2.30. The van der Waals surface area contributed by atoms with E-state index in [-0.39, 0.29) is 31.1 Å². The smallest absolute Gasteiger partial charge is 0.306 e. The standard InChI is InChI=1S/C63H116O6/c1-4-7-10-13-16-19-22-25-28-30-31-32-34-35-38-41-44-47-50-53-56-62(65)68-59-60(58-67-61(64)55-52-49-46-43-40-37-27-24-21-18-15-12-9-6-3)69-63(66)57-54-51-48-45-42-39-36-33-29-26-23-20-17-14-11-8-5-2/h15,18,24,26-27,29,60H,4-14,16-17,19-23,25,28,30-59H2,1-3H3/b18-15-,27-24-,29-26-. The summed E-state index contributed by atoms with van der Waals surface area (Å²) in [7, 11) is 0. The van der Waals surface area contributed by atoms with Crippen LogP contribution in [0.25, 0.3) is 0 Å². The lowest BCUT2D eigenvalue weighted by atomic mass is 10.0. The molecular formula is C63H116O6. The molecule has 0 radical (unpaired) electrons. The van der Waals surface area contributed by atoms with Crippen LogP contribution in [0.15, 0.2) is 36.5 Å². The van der Waals surface area contributed by atoms with Gasteiger partial charge in [-0.2, -0.15) is 0 Å². The number of allylic oxidation sites excluding steroid dienone is 6. The molecular weight excluding hydrogens is 853 g/mol. The van der Waals surface area contributed by atoms with Crippen molar-refractivity contribution in [3.8, 4) is 0 Å². The summed E-state index contributed by atoms with van der Waals surface area (Å²) in [6.45, 7) is 6.63. The highest BCUT2D eigenvalue weighted by Crippen LogP contribution is 2.17. The minimum atomic E-state index is -0.778. The van der Waals surface area contributed by atoms with Crippen LogP contribution >= 0.6 is 0 Å². The Bertz CT molecular complexity index is 1160. The third-order valence-electron chi connectivity index (χ3n) is 13.6. The summed E-state index contributed by atoms with van der Waals surface area (Å²) in [5.41, 5.74) is 0. The van der Waals surface area contributed by atoms with Crippen LogP contribution in [-0.4, -0.2) is 37.2 Å². The molecule has 0 bridgehead atoms. The molecule has 6 nitrogen and oxygen atoms in total. The highest BCUT2D eigenvalue weighted by atomic mass is 16.6. The molecule has 0 rings (SSSR count). The zero-order valence-corrected chi connectivity index (χ0v) is 46.3. The van der Waals surface area contributed by atoms with E-state index in [2.05, 4.69) is 57.2 Å². The Balaban J connectivity index is 4.32. The van der Waals surface area contributed by atoms with Crippen LogP contribution in [0.3, 0.4) is 0 Å². The summed E-state index contributed by atoms with van der Waals surface area (Å²) in [6.07, 6.45) is 70.0. The van der Waals surface area contributed by atoms with Crippen molar-refractivity contribution in [2.24, 2.45) is 0 Å². The average molecular weight is 970 g/mol. The van der Waals surface area contributed by atoms with E-state index in [4.69, 9.17) is 14.2 Å². The van der Waals surface area contributed by atoms with Crippen LogP contribution in [-0.2, 0) is 28.6 Å². The molecule has 69 heavy (non-hydrogen) atoms. The summed E-state index contributed by atoms with van der Waals surface area (Å²) < 4.78 is 16.9. The molecule has 0 aromatic heterocycles. The first-order chi connectivity index (χ1) is 34.0. The number of carbonyl (C=O) groups excluding carboxylic acids is 3. The SMILES string of the molecule is CCCC/C=C\C/C=C\CCCCCCCC(=O)OCC(COC(=O)CCCCCCCCCCCCCCCCCCCCCC)OC(=O)CCCCCCCCC/C=C\CCCCCCCC. The highest BCUT2D eigenvalue weighted by molar-refractivity contribution is 5.71. The third-order valence-corrected chi connectivity index (χ3v) is 13.6. The molecule has 0 saturated heterocycles. The maximum absolute atomic E-state index is 12.9. The van der Waals surface area contributed by atoms with E-state index in [0.29, 0.717) is 19.3 Å². The van der Waals surface area contributed by atoms with Gasteiger partial charge in [0.2, 0.25) is 0 Å². The van der Waals surface area contributed by atoms with Crippen molar-refractivity contribution < 1.29 is 28.6 Å². The maximum atomic E-state index is 12.9. The molecule has 404 valence electrons. The summed E-state index contributed by atoms with van der Waals surface area (Å²) in [5.74, 6) is -0.873. The maximum Gasteiger partial charge on any atom is 0.306 e. The van der Waals surface area contributed by atoms with Crippen molar-refractivity contribution in [3.05, 3.63) is 36.5 Å². The van der Waals surface area contributed by atoms with E-state index < -0.39 is 6.10 Å². The molecule has 0 amide bonds. The molecule has 0 spiro atoms. The Hall–Kier alpha value is -2.37. The van der Waals surface area contributed by atoms with Gasteiger partial charge >= 0.3 is 17.9 Å². The minimum Gasteiger partial charge on any atom is -0.462 e. The second-order valence-corrected chi connectivity index (χ2v) is 20.6. The Morgan fingerprint density at radius 2 is 0.536 bits per heavy atom. The van der Waals surface area contributed by atoms with E-state index in [1.54, 1.807) is 0 Å². The lowest BCUT2D eigenvalue weighted by Gasteiger charge is -2.18. The number of ether oxygens (including phenoxy) is 3. The fraction of sp³-hybridized carbons (Fsp3) is 0.857. The van der Waals surface area contributed by atoms with Crippen molar-refractivity contribution in [2.45, 2.75) is 335 Å². The Kier molecular flexibility index (Phi) is 56.2. The molecule has 0 aliphatic carbocycles. The third kappa shape index (κ3) is 56.4. The van der Waals surface area contributed by atoms with Crippen molar-refractivity contribution in [3.63, 3.8) is 0 Å². The summed E-state index contributed by atoms with van der Waals surface area (Å²) in [5, 5.41) is 0. The van der Waals surface area contributed by atoms with Crippen molar-refractivity contribution >= 4 is 17.9 Å². The zero-order valence-electron chi connectivity index (χ0n) is 46.3. The van der Waals surface area contributed by atoms with E-state index >= 15 is 0 Å². The van der Waals surface area contributed by atoms with Gasteiger partial charge in [-0.05, 0) is 70.6 Å². The summed E-state index contributed by atoms with van der Waals surface area (Å²) in [4.78, 5) is 38.2. The monoisotopic (exact) mass is 969 g/mol. The van der Waals surface area contributed by atoms with E-state index in [9.17, 15) is 14.4 Å². The summed E-state index contributed by atoms with van der Waals surface area (Å²) >= 11 is 0. The predicted molar refractivity (Wildman–Crippen MR) is 298 cm³/mol. The van der Waals surface area contributed by atoms with Crippen LogP contribution in [0.2, 0.25) is 0 Å².